The molecule has 3 N–H and O–H groups in total. The molecule has 21 heavy (non-hydrogen) atoms. The summed E-state index contributed by atoms with van der Waals surface area (Å²) in [6.45, 7) is 6.44. The third-order valence-electron chi connectivity index (χ3n) is 2.86. The van der Waals surface area contributed by atoms with E-state index in [1.165, 1.54) is 5.56 Å². The monoisotopic (exact) mass is 287 g/mol. The summed E-state index contributed by atoms with van der Waals surface area (Å²) < 4.78 is 0. The molecule has 0 aliphatic carbocycles. The highest BCUT2D eigenvalue weighted by Gasteiger charge is 2.09. The van der Waals surface area contributed by atoms with Crippen LogP contribution in [0.1, 0.15) is 31.1 Å². The van der Waals surface area contributed by atoms with Crippen molar-refractivity contribution in [2.45, 2.75) is 39.8 Å². The molecule has 0 radical (unpaired) electrons. The molecule has 6 nitrogen and oxygen atoms in total. The summed E-state index contributed by atoms with van der Waals surface area (Å²) in [6.07, 6.45) is 0.194. The van der Waals surface area contributed by atoms with Crippen molar-refractivity contribution in [3.8, 4) is 0 Å². The summed E-state index contributed by atoms with van der Waals surface area (Å²) in [7, 11) is 0. The number of amides is 1. The zero-order valence-corrected chi connectivity index (χ0v) is 12.6. The molecule has 0 fully saturated rings. The van der Waals surface area contributed by atoms with Crippen molar-refractivity contribution in [1.82, 2.24) is 20.5 Å². The molecule has 2 rings (SSSR count). The Bertz CT molecular complexity index is 588. The summed E-state index contributed by atoms with van der Waals surface area (Å²) in [5, 5.41) is 13.0. The first-order valence-corrected chi connectivity index (χ1v) is 7.03. The Balaban J connectivity index is 1.85. The molecule has 0 aliphatic heterocycles. The standard InChI is InChI=1S/C15H21N5O/c1-10(2)17-15(21)8-13-18-14(20-19-13)9-16-12-6-4-11(3)5-7-12/h4-7,10,16H,8-9H2,1-3H3,(H,17,21)(H,18,19,20). The van der Waals surface area contributed by atoms with Crippen LogP contribution in [0.15, 0.2) is 24.3 Å². The van der Waals surface area contributed by atoms with Gasteiger partial charge < -0.3 is 10.6 Å². The van der Waals surface area contributed by atoms with Gasteiger partial charge in [-0.1, -0.05) is 17.7 Å². The van der Waals surface area contributed by atoms with Crippen molar-refractivity contribution in [3.63, 3.8) is 0 Å². The van der Waals surface area contributed by atoms with E-state index in [0.29, 0.717) is 18.2 Å². The van der Waals surface area contributed by atoms with Gasteiger partial charge in [-0.3, -0.25) is 9.89 Å². The second kappa shape index (κ2) is 6.88. The van der Waals surface area contributed by atoms with Crippen LogP contribution in [0.2, 0.25) is 0 Å². The number of benzene rings is 1. The van der Waals surface area contributed by atoms with Crippen molar-refractivity contribution < 1.29 is 4.79 Å². The van der Waals surface area contributed by atoms with Gasteiger partial charge in [0.25, 0.3) is 0 Å². The Morgan fingerprint density at radius 3 is 2.67 bits per heavy atom. The predicted octanol–water partition coefficient (Wildman–Crippen LogP) is 1.79. The number of carbonyl (C=O) groups excluding carboxylic acids is 1. The quantitative estimate of drug-likeness (QED) is 0.756. The van der Waals surface area contributed by atoms with Crippen molar-refractivity contribution in [3.05, 3.63) is 41.5 Å². The fourth-order valence-electron chi connectivity index (χ4n) is 1.87. The molecule has 1 heterocycles. The van der Waals surface area contributed by atoms with E-state index in [1.54, 1.807) is 0 Å². The third-order valence-corrected chi connectivity index (χ3v) is 2.86. The van der Waals surface area contributed by atoms with Crippen molar-refractivity contribution >= 4 is 11.6 Å². The minimum absolute atomic E-state index is 0.0676. The van der Waals surface area contributed by atoms with Crippen molar-refractivity contribution in [2.75, 3.05) is 5.32 Å². The molecule has 1 aromatic heterocycles. The van der Waals surface area contributed by atoms with Crippen LogP contribution in [-0.2, 0) is 17.8 Å². The topological polar surface area (TPSA) is 82.7 Å². The number of rotatable bonds is 6. The van der Waals surface area contributed by atoms with E-state index in [2.05, 4.69) is 32.7 Å². The van der Waals surface area contributed by atoms with Gasteiger partial charge in [-0.2, -0.15) is 5.10 Å². The maximum absolute atomic E-state index is 11.6. The summed E-state index contributed by atoms with van der Waals surface area (Å²) in [6, 6.07) is 8.25. The van der Waals surface area contributed by atoms with E-state index in [4.69, 9.17) is 0 Å². The number of hydrogen-bond acceptors (Lipinski definition) is 4. The highest BCUT2D eigenvalue weighted by molar-refractivity contribution is 5.77. The summed E-state index contributed by atoms with van der Waals surface area (Å²) >= 11 is 0. The van der Waals surface area contributed by atoms with Gasteiger partial charge in [-0.25, -0.2) is 4.98 Å². The molecule has 2 aromatic rings. The van der Waals surface area contributed by atoms with Crippen LogP contribution >= 0.6 is 0 Å². The van der Waals surface area contributed by atoms with Crippen molar-refractivity contribution in [2.24, 2.45) is 0 Å². The number of anilines is 1. The van der Waals surface area contributed by atoms with Crippen LogP contribution in [-0.4, -0.2) is 27.1 Å². The Labute approximate surface area is 124 Å². The normalized spacial score (nSPS) is 10.7. The lowest BCUT2D eigenvalue weighted by atomic mass is 10.2. The average Bonchev–Trinajstić information content (AvgIpc) is 2.84. The average molecular weight is 287 g/mol. The molecule has 1 aromatic carbocycles. The third kappa shape index (κ3) is 4.91. The Morgan fingerprint density at radius 2 is 2.00 bits per heavy atom. The van der Waals surface area contributed by atoms with Gasteiger partial charge in [0.1, 0.15) is 5.82 Å². The lowest BCUT2D eigenvalue weighted by Gasteiger charge is -2.05. The summed E-state index contributed by atoms with van der Waals surface area (Å²) in [5.41, 5.74) is 2.25. The predicted molar refractivity (Wildman–Crippen MR) is 81.9 cm³/mol. The van der Waals surface area contributed by atoms with Gasteiger partial charge in [-0.15, -0.1) is 0 Å². The zero-order valence-electron chi connectivity index (χ0n) is 12.6. The smallest absolute Gasteiger partial charge is 0.227 e. The molecular weight excluding hydrogens is 266 g/mol. The molecule has 0 unspecified atom stereocenters. The van der Waals surface area contributed by atoms with Crippen LogP contribution in [0.25, 0.3) is 0 Å². The maximum Gasteiger partial charge on any atom is 0.227 e. The van der Waals surface area contributed by atoms with E-state index < -0.39 is 0 Å². The molecule has 0 saturated heterocycles. The van der Waals surface area contributed by atoms with Crippen LogP contribution in [0.3, 0.4) is 0 Å². The van der Waals surface area contributed by atoms with E-state index >= 15 is 0 Å². The van der Waals surface area contributed by atoms with Crippen LogP contribution in [0.4, 0.5) is 5.69 Å². The summed E-state index contributed by atoms with van der Waals surface area (Å²) in [5.74, 6) is 1.15. The highest BCUT2D eigenvalue weighted by Crippen LogP contribution is 2.09. The first kappa shape index (κ1) is 15.0. The van der Waals surface area contributed by atoms with Gasteiger partial charge in [0.15, 0.2) is 5.82 Å². The first-order valence-electron chi connectivity index (χ1n) is 7.03. The van der Waals surface area contributed by atoms with Crippen LogP contribution < -0.4 is 10.6 Å². The fourth-order valence-corrected chi connectivity index (χ4v) is 1.87. The molecule has 0 bridgehead atoms. The number of H-pyrrole nitrogens is 1. The molecule has 6 heteroatoms. The highest BCUT2D eigenvalue weighted by atomic mass is 16.1. The number of aromatic amines is 1. The molecule has 0 atom stereocenters. The number of aromatic nitrogens is 3. The lowest BCUT2D eigenvalue weighted by molar-refractivity contribution is -0.121. The summed E-state index contributed by atoms with van der Waals surface area (Å²) in [4.78, 5) is 15.9. The van der Waals surface area contributed by atoms with E-state index in [1.807, 2.05) is 38.1 Å². The second-order valence-electron chi connectivity index (χ2n) is 5.32. The molecule has 112 valence electrons. The number of aryl methyl sites for hydroxylation is 1. The van der Waals surface area contributed by atoms with Crippen molar-refractivity contribution in [1.29, 1.82) is 0 Å². The molecule has 0 spiro atoms. The maximum atomic E-state index is 11.6. The number of hydrogen-bond donors (Lipinski definition) is 3. The molecule has 1 amide bonds. The van der Waals surface area contributed by atoms with Crippen LogP contribution in [0, 0.1) is 6.92 Å². The van der Waals surface area contributed by atoms with Gasteiger partial charge >= 0.3 is 0 Å². The zero-order chi connectivity index (χ0) is 15.2. The Hall–Kier alpha value is -2.37. The minimum atomic E-state index is -0.0676. The number of nitrogens with zero attached hydrogens (tertiary/aromatic N) is 2. The van der Waals surface area contributed by atoms with Gasteiger partial charge in [0, 0.05) is 11.7 Å². The lowest BCUT2D eigenvalue weighted by Crippen LogP contribution is -2.31. The number of nitrogens with one attached hydrogen (secondary N) is 3. The Morgan fingerprint density at radius 1 is 1.29 bits per heavy atom. The Kier molecular flexibility index (Phi) is 4.92. The van der Waals surface area contributed by atoms with Gasteiger partial charge in [0.2, 0.25) is 5.91 Å². The van der Waals surface area contributed by atoms with Crippen LogP contribution in [0.5, 0.6) is 0 Å². The molecule has 0 saturated carbocycles. The molecular formula is C15H21N5O. The van der Waals surface area contributed by atoms with E-state index in [-0.39, 0.29) is 18.4 Å². The van der Waals surface area contributed by atoms with E-state index in [0.717, 1.165) is 5.69 Å². The van der Waals surface area contributed by atoms with Gasteiger partial charge in [-0.05, 0) is 32.9 Å². The first-order chi connectivity index (χ1) is 10.0. The number of carbonyl (C=O) groups is 1. The van der Waals surface area contributed by atoms with E-state index in [9.17, 15) is 4.79 Å². The largest absolute Gasteiger partial charge is 0.378 e. The SMILES string of the molecule is Cc1ccc(NCc2nc(CC(=O)NC(C)C)n[nH]2)cc1. The fraction of sp³-hybridized carbons (Fsp3) is 0.400. The van der Waals surface area contributed by atoms with Gasteiger partial charge in [0.05, 0.1) is 13.0 Å². The second-order valence-corrected chi connectivity index (χ2v) is 5.32. The molecule has 0 aliphatic rings. The minimum Gasteiger partial charge on any atom is -0.378 e.